The van der Waals surface area contributed by atoms with Crippen LogP contribution in [-0.4, -0.2) is 50.6 Å². The van der Waals surface area contributed by atoms with Crippen LogP contribution < -0.4 is 5.32 Å². The first-order valence-corrected chi connectivity index (χ1v) is 9.32. The number of rotatable bonds is 6. The van der Waals surface area contributed by atoms with Crippen LogP contribution in [0, 0.1) is 0 Å². The predicted molar refractivity (Wildman–Crippen MR) is 97.8 cm³/mol. The van der Waals surface area contributed by atoms with Gasteiger partial charge in [0, 0.05) is 32.0 Å². The van der Waals surface area contributed by atoms with E-state index in [9.17, 15) is 4.79 Å². The Labute approximate surface area is 149 Å². The molecule has 0 unspecified atom stereocenters. The number of hydrogen-bond donors (Lipinski definition) is 2. The number of aryl methyl sites for hydroxylation is 1. The van der Waals surface area contributed by atoms with Crippen molar-refractivity contribution in [3.05, 3.63) is 35.1 Å². The molecule has 0 bridgehead atoms. The molecule has 3 aromatic rings. The van der Waals surface area contributed by atoms with Crippen molar-refractivity contribution >= 4 is 33.4 Å². The maximum Gasteiger partial charge on any atom is 0.227 e. The zero-order chi connectivity index (χ0) is 17.2. The van der Waals surface area contributed by atoms with Crippen molar-refractivity contribution in [2.75, 3.05) is 25.0 Å². The van der Waals surface area contributed by atoms with Gasteiger partial charge in [0.1, 0.15) is 10.8 Å². The third kappa shape index (κ3) is 3.54. The van der Waals surface area contributed by atoms with E-state index < -0.39 is 0 Å². The Morgan fingerprint density at radius 1 is 1.36 bits per heavy atom. The quantitative estimate of drug-likeness (QED) is 0.708. The minimum absolute atomic E-state index is 0.00834. The normalized spacial score (nSPS) is 15.4. The molecule has 1 aliphatic rings. The second-order valence-electron chi connectivity index (χ2n) is 6.25. The van der Waals surface area contributed by atoms with E-state index in [2.05, 4.69) is 30.4 Å². The van der Waals surface area contributed by atoms with Crippen molar-refractivity contribution in [3.63, 3.8) is 0 Å². The summed E-state index contributed by atoms with van der Waals surface area (Å²) >= 11 is 1.43. The number of benzene rings is 1. The Bertz CT molecular complexity index is 849. The largest absolute Gasteiger partial charge is 0.342 e. The van der Waals surface area contributed by atoms with Gasteiger partial charge >= 0.3 is 0 Å². The molecular formula is C17H20N6OS. The molecular weight excluding hydrogens is 336 g/mol. The SMILES string of the molecule is CCc1nnc(NC(=O)CCN2CC(c3nc4ccccc4[nH]3)C2)s1. The molecule has 1 fully saturated rings. The van der Waals surface area contributed by atoms with Gasteiger partial charge in [0.05, 0.1) is 11.0 Å². The van der Waals surface area contributed by atoms with E-state index in [4.69, 9.17) is 0 Å². The molecule has 1 saturated heterocycles. The van der Waals surface area contributed by atoms with Crippen LogP contribution >= 0.6 is 11.3 Å². The first-order chi connectivity index (χ1) is 12.2. The number of anilines is 1. The Hall–Kier alpha value is -2.32. The summed E-state index contributed by atoms with van der Waals surface area (Å²) < 4.78 is 0. The summed E-state index contributed by atoms with van der Waals surface area (Å²) in [5.41, 5.74) is 2.10. The highest BCUT2D eigenvalue weighted by atomic mass is 32.1. The third-order valence-corrected chi connectivity index (χ3v) is 5.41. The topological polar surface area (TPSA) is 86.8 Å². The highest BCUT2D eigenvalue weighted by Crippen LogP contribution is 2.26. The highest BCUT2D eigenvalue weighted by molar-refractivity contribution is 7.15. The molecule has 7 nitrogen and oxygen atoms in total. The van der Waals surface area contributed by atoms with Gasteiger partial charge in [-0.3, -0.25) is 4.79 Å². The van der Waals surface area contributed by atoms with Crippen LogP contribution in [0.3, 0.4) is 0 Å². The fourth-order valence-electron chi connectivity index (χ4n) is 2.98. The molecule has 0 saturated carbocycles. The van der Waals surface area contributed by atoms with E-state index in [0.29, 0.717) is 17.5 Å². The Balaban J connectivity index is 1.23. The van der Waals surface area contributed by atoms with Crippen LogP contribution in [0.5, 0.6) is 0 Å². The molecule has 130 valence electrons. The van der Waals surface area contributed by atoms with E-state index >= 15 is 0 Å². The van der Waals surface area contributed by atoms with Crippen LogP contribution in [0.2, 0.25) is 0 Å². The van der Waals surface area contributed by atoms with Crippen molar-refractivity contribution in [1.29, 1.82) is 0 Å². The Morgan fingerprint density at radius 2 is 2.20 bits per heavy atom. The van der Waals surface area contributed by atoms with E-state index in [0.717, 1.165) is 47.9 Å². The standard InChI is InChI=1S/C17H20N6OS/c1-2-15-21-22-17(25-15)20-14(24)7-8-23-9-11(10-23)16-18-12-5-3-4-6-13(12)19-16/h3-6,11H,2,7-10H2,1H3,(H,18,19)(H,20,22,24). The molecule has 4 rings (SSSR count). The lowest BCUT2D eigenvalue weighted by atomic mass is 9.99. The average Bonchev–Trinajstić information content (AvgIpc) is 3.19. The van der Waals surface area contributed by atoms with Gasteiger partial charge in [0.15, 0.2) is 0 Å². The van der Waals surface area contributed by atoms with Crippen LogP contribution in [0.15, 0.2) is 24.3 Å². The number of H-pyrrole nitrogens is 1. The highest BCUT2D eigenvalue weighted by Gasteiger charge is 2.30. The first-order valence-electron chi connectivity index (χ1n) is 8.50. The molecule has 0 aliphatic carbocycles. The molecule has 8 heteroatoms. The fourth-order valence-corrected chi connectivity index (χ4v) is 3.68. The molecule has 2 N–H and O–H groups in total. The van der Waals surface area contributed by atoms with Gasteiger partial charge < -0.3 is 15.2 Å². The van der Waals surface area contributed by atoms with Crippen molar-refractivity contribution in [3.8, 4) is 0 Å². The number of fused-ring (bicyclic) bond motifs is 1. The van der Waals surface area contributed by atoms with Crippen LogP contribution in [0.1, 0.15) is 30.1 Å². The predicted octanol–water partition coefficient (Wildman–Crippen LogP) is 2.40. The van der Waals surface area contributed by atoms with E-state index in [1.807, 2.05) is 31.2 Å². The Morgan fingerprint density at radius 3 is 2.96 bits per heavy atom. The monoisotopic (exact) mass is 356 g/mol. The number of carbonyl (C=O) groups excluding carboxylic acids is 1. The summed E-state index contributed by atoms with van der Waals surface area (Å²) in [6.45, 7) is 4.65. The number of hydrogen-bond acceptors (Lipinski definition) is 6. The zero-order valence-corrected chi connectivity index (χ0v) is 14.8. The molecule has 0 radical (unpaired) electrons. The molecule has 1 amide bonds. The number of carbonyl (C=O) groups is 1. The molecule has 1 aliphatic heterocycles. The van der Waals surface area contributed by atoms with E-state index in [-0.39, 0.29) is 5.91 Å². The number of likely N-dealkylation sites (tertiary alicyclic amines) is 1. The molecule has 2 aromatic heterocycles. The van der Waals surface area contributed by atoms with Crippen LogP contribution in [-0.2, 0) is 11.2 Å². The van der Waals surface area contributed by atoms with Gasteiger partial charge in [0.25, 0.3) is 0 Å². The lowest BCUT2D eigenvalue weighted by Crippen LogP contribution is -2.46. The van der Waals surface area contributed by atoms with Crippen molar-refractivity contribution in [2.45, 2.75) is 25.7 Å². The van der Waals surface area contributed by atoms with Gasteiger partial charge in [-0.25, -0.2) is 4.98 Å². The number of nitrogens with zero attached hydrogens (tertiary/aromatic N) is 4. The third-order valence-electron chi connectivity index (χ3n) is 4.42. The molecule has 3 heterocycles. The number of aromatic nitrogens is 4. The first kappa shape index (κ1) is 16.2. The molecule has 0 atom stereocenters. The molecule has 25 heavy (non-hydrogen) atoms. The van der Waals surface area contributed by atoms with Gasteiger partial charge in [-0.1, -0.05) is 30.4 Å². The zero-order valence-electron chi connectivity index (χ0n) is 14.0. The number of para-hydroxylation sites is 2. The van der Waals surface area contributed by atoms with Crippen LogP contribution in [0.4, 0.5) is 5.13 Å². The summed E-state index contributed by atoms with van der Waals surface area (Å²) in [7, 11) is 0. The van der Waals surface area contributed by atoms with Crippen LogP contribution in [0.25, 0.3) is 11.0 Å². The fraction of sp³-hybridized carbons (Fsp3) is 0.412. The van der Waals surface area contributed by atoms with E-state index in [1.54, 1.807) is 0 Å². The number of imidazole rings is 1. The molecule has 1 aromatic carbocycles. The lowest BCUT2D eigenvalue weighted by Gasteiger charge is -2.37. The van der Waals surface area contributed by atoms with Crippen molar-refractivity contribution < 1.29 is 4.79 Å². The number of nitrogens with one attached hydrogen (secondary N) is 2. The second-order valence-corrected chi connectivity index (χ2v) is 7.31. The minimum Gasteiger partial charge on any atom is -0.342 e. The maximum absolute atomic E-state index is 12.0. The summed E-state index contributed by atoms with van der Waals surface area (Å²) in [6.07, 6.45) is 1.30. The minimum atomic E-state index is -0.00834. The lowest BCUT2D eigenvalue weighted by molar-refractivity contribution is -0.116. The van der Waals surface area contributed by atoms with Gasteiger partial charge in [-0.15, -0.1) is 10.2 Å². The number of aromatic amines is 1. The van der Waals surface area contributed by atoms with E-state index in [1.165, 1.54) is 11.3 Å². The van der Waals surface area contributed by atoms with Gasteiger partial charge in [-0.05, 0) is 18.6 Å². The maximum atomic E-state index is 12.0. The summed E-state index contributed by atoms with van der Waals surface area (Å²) in [5.74, 6) is 1.46. The Kier molecular flexibility index (Phi) is 4.46. The summed E-state index contributed by atoms with van der Waals surface area (Å²) in [6, 6.07) is 8.08. The molecule has 0 spiro atoms. The van der Waals surface area contributed by atoms with Gasteiger partial charge in [-0.2, -0.15) is 0 Å². The average molecular weight is 356 g/mol. The van der Waals surface area contributed by atoms with Gasteiger partial charge in [0.2, 0.25) is 11.0 Å². The van der Waals surface area contributed by atoms with Crippen molar-refractivity contribution in [1.82, 2.24) is 25.1 Å². The van der Waals surface area contributed by atoms with Crippen molar-refractivity contribution in [2.24, 2.45) is 0 Å². The smallest absolute Gasteiger partial charge is 0.227 e. The number of amides is 1. The summed E-state index contributed by atoms with van der Waals surface area (Å²) in [5, 5.41) is 12.3. The summed E-state index contributed by atoms with van der Waals surface area (Å²) in [4.78, 5) is 22.3. The second kappa shape index (κ2) is 6.89.